The maximum absolute atomic E-state index is 12.6. The van der Waals surface area contributed by atoms with Gasteiger partial charge in [0.1, 0.15) is 5.52 Å². The van der Waals surface area contributed by atoms with Crippen LogP contribution in [0.1, 0.15) is 24.0 Å². The molecule has 5 nitrogen and oxygen atoms in total. The molecule has 0 aliphatic carbocycles. The number of imidazole rings is 1. The first kappa shape index (κ1) is 20.2. The van der Waals surface area contributed by atoms with Crippen LogP contribution in [0.15, 0.2) is 54.9 Å². The molecule has 2 N–H and O–H groups in total. The lowest BCUT2D eigenvalue weighted by atomic mass is 10.1. The van der Waals surface area contributed by atoms with Gasteiger partial charge in [0.15, 0.2) is 5.82 Å². The molecular weight excluding hydrogens is 393 g/mol. The van der Waals surface area contributed by atoms with E-state index in [1.807, 2.05) is 24.3 Å². The monoisotopic (exact) mass is 414 g/mol. The molecule has 0 unspecified atom stereocenters. The van der Waals surface area contributed by atoms with E-state index in [1.54, 1.807) is 6.33 Å². The minimum absolute atomic E-state index is 0.291. The highest BCUT2D eigenvalue weighted by Gasteiger charge is 2.29. The van der Waals surface area contributed by atoms with Crippen LogP contribution in [0.5, 0.6) is 0 Å². The van der Waals surface area contributed by atoms with Crippen LogP contribution in [0.2, 0.25) is 0 Å². The molecule has 0 aliphatic heterocycles. The molecule has 4 rings (SSSR count). The van der Waals surface area contributed by atoms with Gasteiger partial charge in [0.05, 0.1) is 29.5 Å². The topological polar surface area (TPSA) is 66.0 Å². The number of rotatable bonds is 7. The Bertz CT molecular complexity index is 1150. The Balaban J connectivity index is 1.31. The first-order chi connectivity index (χ1) is 14.4. The summed E-state index contributed by atoms with van der Waals surface area (Å²) in [7, 11) is 0. The van der Waals surface area contributed by atoms with Crippen molar-refractivity contribution in [1.82, 2.24) is 14.5 Å². The summed E-state index contributed by atoms with van der Waals surface area (Å²) in [6, 6.07) is 12.9. The Hall–Kier alpha value is -3.13. The number of fused-ring (bicyclic) bond motifs is 3. The molecule has 4 aromatic rings. The van der Waals surface area contributed by atoms with Gasteiger partial charge < -0.3 is 15.0 Å². The van der Waals surface area contributed by atoms with E-state index < -0.39 is 11.7 Å². The molecular formula is C22H21F3N4O. The lowest BCUT2D eigenvalue weighted by Gasteiger charge is -2.09. The number of aromatic nitrogens is 3. The van der Waals surface area contributed by atoms with Gasteiger partial charge in [0.2, 0.25) is 0 Å². The maximum atomic E-state index is 12.6. The minimum atomic E-state index is -4.32. The molecule has 0 bridgehead atoms. The van der Waals surface area contributed by atoms with Crippen LogP contribution in [-0.4, -0.2) is 21.1 Å². The summed E-state index contributed by atoms with van der Waals surface area (Å²) in [5, 5.41) is 1.01. The quantitative estimate of drug-likeness (QED) is 0.423. The number of para-hydroxylation sites is 1. The fourth-order valence-electron chi connectivity index (χ4n) is 3.44. The fraction of sp³-hybridized carbons (Fsp3) is 0.273. The summed E-state index contributed by atoms with van der Waals surface area (Å²) in [4.78, 5) is 8.82. The Kier molecular flexibility index (Phi) is 5.59. The molecule has 0 amide bonds. The standard InChI is InChI=1S/C22H21F3N4O/c23-22(24,25)16-9-7-15(8-10-16)13-30-12-4-3-11-29-14-27-19-20(29)17-5-1-2-6-18(17)28-21(19)26/h1-2,5-10,14H,3-4,11-13H2,(H2,26,28). The Morgan fingerprint density at radius 2 is 1.77 bits per heavy atom. The van der Waals surface area contributed by atoms with Crippen LogP contribution >= 0.6 is 0 Å². The molecule has 30 heavy (non-hydrogen) atoms. The van der Waals surface area contributed by atoms with E-state index in [-0.39, 0.29) is 0 Å². The van der Waals surface area contributed by atoms with Crippen molar-refractivity contribution in [3.63, 3.8) is 0 Å². The number of alkyl halides is 3. The van der Waals surface area contributed by atoms with Crippen molar-refractivity contribution in [3.8, 4) is 0 Å². The predicted octanol–water partition coefficient (Wildman–Crippen LogP) is 5.18. The van der Waals surface area contributed by atoms with E-state index in [2.05, 4.69) is 14.5 Å². The van der Waals surface area contributed by atoms with Crippen LogP contribution in [-0.2, 0) is 24.1 Å². The second kappa shape index (κ2) is 8.31. The Labute approximate surface area is 171 Å². The molecule has 0 radical (unpaired) electrons. The molecule has 0 saturated carbocycles. The van der Waals surface area contributed by atoms with E-state index >= 15 is 0 Å². The highest BCUT2D eigenvalue weighted by atomic mass is 19.4. The van der Waals surface area contributed by atoms with Crippen LogP contribution < -0.4 is 5.73 Å². The van der Waals surface area contributed by atoms with E-state index in [0.29, 0.717) is 24.5 Å². The number of hydrogen-bond donors (Lipinski definition) is 1. The average molecular weight is 414 g/mol. The molecule has 0 aliphatic rings. The van der Waals surface area contributed by atoms with Gasteiger partial charge >= 0.3 is 6.18 Å². The minimum Gasteiger partial charge on any atom is -0.382 e. The van der Waals surface area contributed by atoms with Crippen molar-refractivity contribution in [2.75, 3.05) is 12.3 Å². The molecule has 0 fully saturated rings. The highest BCUT2D eigenvalue weighted by Crippen LogP contribution is 2.29. The van der Waals surface area contributed by atoms with Gasteiger partial charge in [-0.15, -0.1) is 0 Å². The lowest BCUT2D eigenvalue weighted by Crippen LogP contribution is -2.05. The number of nitrogens with zero attached hydrogens (tertiary/aromatic N) is 3. The molecule has 8 heteroatoms. The number of nitrogens with two attached hydrogens (primary N) is 1. The second-order valence-corrected chi connectivity index (χ2v) is 7.10. The van der Waals surface area contributed by atoms with Crippen LogP contribution in [0.25, 0.3) is 21.9 Å². The van der Waals surface area contributed by atoms with Crippen molar-refractivity contribution >= 4 is 27.8 Å². The number of hydrogen-bond acceptors (Lipinski definition) is 4. The molecule has 0 saturated heterocycles. The third-order valence-electron chi connectivity index (χ3n) is 4.97. The van der Waals surface area contributed by atoms with E-state index in [9.17, 15) is 13.2 Å². The van der Waals surface area contributed by atoms with Crippen LogP contribution in [0.4, 0.5) is 19.0 Å². The smallest absolute Gasteiger partial charge is 0.382 e. The summed E-state index contributed by atoms with van der Waals surface area (Å²) in [6.07, 6.45) is -0.852. The first-order valence-electron chi connectivity index (χ1n) is 9.66. The van der Waals surface area contributed by atoms with Crippen molar-refractivity contribution in [1.29, 1.82) is 0 Å². The fourth-order valence-corrected chi connectivity index (χ4v) is 3.44. The van der Waals surface area contributed by atoms with Crippen molar-refractivity contribution in [2.45, 2.75) is 32.2 Å². The number of anilines is 1. The van der Waals surface area contributed by atoms with Gasteiger partial charge in [-0.25, -0.2) is 9.97 Å². The SMILES string of the molecule is Nc1nc2ccccc2c2c1ncn2CCCCOCc1ccc(C(F)(F)F)cc1. The highest BCUT2D eigenvalue weighted by molar-refractivity contribution is 6.06. The van der Waals surface area contributed by atoms with Crippen molar-refractivity contribution in [3.05, 3.63) is 66.0 Å². The molecule has 0 spiro atoms. The summed E-state index contributed by atoms with van der Waals surface area (Å²) < 4.78 is 45.4. The zero-order valence-electron chi connectivity index (χ0n) is 16.2. The summed E-state index contributed by atoms with van der Waals surface area (Å²) in [5.74, 6) is 0.419. The summed E-state index contributed by atoms with van der Waals surface area (Å²) in [6.45, 7) is 1.57. The van der Waals surface area contributed by atoms with Crippen LogP contribution in [0, 0.1) is 0 Å². The number of nitrogen functional groups attached to an aromatic ring is 1. The van der Waals surface area contributed by atoms with Gasteiger partial charge in [-0.05, 0) is 36.6 Å². The molecule has 156 valence electrons. The Morgan fingerprint density at radius 1 is 1.00 bits per heavy atom. The van der Waals surface area contributed by atoms with E-state index in [4.69, 9.17) is 10.5 Å². The average Bonchev–Trinajstić information content (AvgIpc) is 3.15. The van der Waals surface area contributed by atoms with Gasteiger partial charge in [0, 0.05) is 18.5 Å². The number of halogens is 3. The number of pyridine rings is 1. The number of aryl methyl sites for hydroxylation is 1. The van der Waals surface area contributed by atoms with Gasteiger partial charge in [-0.2, -0.15) is 13.2 Å². The van der Waals surface area contributed by atoms with Crippen LogP contribution in [0.3, 0.4) is 0 Å². The van der Waals surface area contributed by atoms with Crippen molar-refractivity contribution in [2.24, 2.45) is 0 Å². The molecule has 0 atom stereocenters. The van der Waals surface area contributed by atoms with Gasteiger partial charge in [-0.3, -0.25) is 0 Å². The van der Waals surface area contributed by atoms with E-state index in [1.165, 1.54) is 12.1 Å². The number of ether oxygens (including phenoxy) is 1. The Morgan fingerprint density at radius 3 is 2.53 bits per heavy atom. The molecule has 2 aromatic heterocycles. The van der Waals surface area contributed by atoms with Gasteiger partial charge in [0.25, 0.3) is 0 Å². The normalized spacial score (nSPS) is 12.1. The van der Waals surface area contributed by atoms with E-state index in [0.717, 1.165) is 53.5 Å². The van der Waals surface area contributed by atoms with Gasteiger partial charge in [-0.1, -0.05) is 30.3 Å². The maximum Gasteiger partial charge on any atom is 0.416 e. The van der Waals surface area contributed by atoms with Crippen molar-refractivity contribution < 1.29 is 17.9 Å². The second-order valence-electron chi connectivity index (χ2n) is 7.10. The number of benzene rings is 2. The lowest BCUT2D eigenvalue weighted by molar-refractivity contribution is -0.137. The molecule has 2 aromatic carbocycles. The zero-order chi connectivity index (χ0) is 21.1. The third-order valence-corrected chi connectivity index (χ3v) is 4.97. The largest absolute Gasteiger partial charge is 0.416 e. The third kappa shape index (κ3) is 4.23. The zero-order valence-corrected chi connectivity index (χ0v) is 16.2. The summed E-state index contributed by atoms with van der Waals surface area (Å²) in [5.41, 5.74) is 8.63. The number of unbranched alkanes of at least 4 members (excludes halogenated alkanes) is 1. The molecule has 2 heterocycles. The first-order valence-corrected chi connectivity index (χ1v) is 9.66. The summed E-state index contributed by atoms with van der Waals surface area (Å²) >= 11 is 0. The predicted molar refractivity (Wildman–Crippen MR) is 110 cm³/mol.